The van der Waals surface area contributed by atoms with Crippen molar-refractivity contribution in [1.29, 1.82) is 0 Å². The first-order valence-electron chi connectivity index (χ1n) is 13.6. The number of halogens is 2. The average molecular weight is 569 g/mol. The molecule has 3 aromatic rings. The molecule has 1 fully saturated rings. The zero-order valence-corrected chi connectivity index (χ0v) is 23.0. The number of aliphatic carboxylic acids is 1. The summed E-state index contributed by atoms with van der Waals surface area (Å²) in [5.74, 6) is -5.84. The lowest BCUT2D eigenvalue weighted by Crippen LogP contribution is -2.60. The quantitative estimate of drug-likeness (QED) is 0.290. The van der Waals surface area contributed by atoms with Gasteiger partial charge in [0.15, 0.2) is 23.2 Å². The third-order valence-electron chi connectivity index (χ3n) is 7.20. The highest BCUT2D eigenvalue weighted by Gasteiger charge is 2.41. The third kappa shape index (κ3) is 7.07. The lowest BCUT2D eigenvalue weighted by Gasteiger charge is -2.42. The summed E-state index contributed by atoms with van der Waals surface area (Å²) in [5, 5.41) is 17.4. The second-order valence-electron chi connectivity index (χ2n) is 10.5. The van der Waals surface area contributed by atoms with Gasteiger partial charge in [-0.05, 0) is 48.1 Å². The van der Waals surface area contributed by atoms with Crippen molar-refractivity contribution in [3.05, 3.63) is 77.9 Å². The highest BCUT2D eigenvalue weighted by atomic mass is 19.1. The molecule has 0 aliphatic carbocycles. The first-order valence-corrected chi connectivity index (χ1v) is 13.6. The number of hydrogen-bond donors (Lipinski definition) is 3. The van der Waals surface area contributed by atoms with Crippen LogP contribution in [0.15, 0.2) is 60.7 Å². The Morgan fingerprint density at radius 1 is 1.00 bits per heavy atom. The number of carbonyl (C=O) groups is 3. The molecule has 1 heterocycles. The maximum absolute atomic E-state index is 14.0. The fourth-order valence-corrected chi connectivity index (χ4v) is 5.11. The normalized spacial score (nSPS) is 18.6. The van der Waals surface area contributed by atoms with Crippen molar-refractivity contribution in [3.8, 4) is 5.75 Å². The monoisotopic (exact) mass is 568 g/mol. The Morgan fingerprint density at radius 3 is 2.34 bits per heavy atom. The Hall–Kier alpha value is -3.89. The van der Waals surface area contributed by atoms with Crippen LogP contribution < -0.4 is 15.4 Å². The number of hydrogen-bond acceptors (Lipinski definition) is 6. The van der Waals surface area contributed by atoms with Gasteiger partial charge < -0.3 is 19.9 Å². The molecule has 0 spiro atoms. The predicted octanol–water partition coefficient (Wildman–Crippen LogP) is 4.69. The Kier molecular flexibility index (Phi) is 9.67. The van der Waals surface area contributed by atoms with Crippen LogP contribution >= 0.6 is 0 Å². The first kappa shape index (κ1) is 30.1. The van der Waals surface area contributed by atoms with Gasteiger partial charge in [0.2, 0.25) is 5.91 Å². The summed E-state index contributed by atoms with van der Waals surface area (Å²) in [4.78, 5) is 38.1. The Bertz CT molecular complexity index is 1380. The Labute approximate surface area is 237 Å². The van der Waals surface area contributed by atoms with E-state index in [1.54, 1.807) is 0 Å². The molecular weight excluding hydrogens is 534 g/mol. The lowest BCUT2D eigenvalue weighted by molar-refractivity contribution is -0.143. The SMILES string of the molecule is CC(C)[C@H](NC1(c2cccc3ccccc23)CCCCO1)C(=O)N[C@@H](CC(=O)O)C(=O)COc1c(F)cccc1F. The Balaban J connectivity index is 1.57. The van der Waals surface area contributed by atoms with Crippen LogP contribution in [0.5, 0.6) is 5.75 Å². The minimum absolute atomic E-state index is 0.281. The van der Waals surface area contributed by atoms with E-state index in [0.717, 1.165) is 47.4 Å². The van der Waals surface area contributed by atoms with E-state index in [-0.39, 0.29) is 5.92 Å². The van der Waals surface area contributed by atoms with E-state index in [2.05, 4.69) is 10.6 Å². The molecular formula is C31H34F2N2O6. The van der Waals surface area contributed by atoms with E-state index in [9.17, 15) is 28.3 Å². The maximum atomic E-state index is 14.0. The van der Waals surface area contributed by atoms with Crippen molar-refractivity contribution in [2.24, 2.45) is 5.92 Å². The molecule has 1 saturated heterocycles. The Morgan fingerprint density at radius 2 is 1.68 bits per heavy atom. The molecule has 0 saturated carbocycles. The van der Waals surface area contributed by atoms with Gasteiger partial charge in [0.05, 0.1) is 12.5 Å². The number of ether oxygens (including phenoxy) is 2. The van der Waals surface area contributed by atoms with Gasteiger partial charge in [-0.2, -0.15) is 0 Å². The second-order valence-corrected chi connectivity index (χ2v) is 10.5. The number of ketones is 1. The molecule has 4 rings (SSSR count). The second kappa shape index (κ2) is 13.2. The van der Waals surface area contributed by atoms with E-state index in [1.165, 1.54) is 0 Å². The number of carboxylic acid groups (broad SMARTS) is 1. The van der Waals surface area contributed by atoms with Gasteiger partial charge in [-0.1, -0.05) is 62.4 Å². The molecule has 0 radical (unpaired) electrons. The number of para-hydroxylation sites is 1. The lowest BCUT2D eigenvalue weighted by atomic mass is 9.88. The molecule has 41 heavy (non-hydrogen) atoms. The van der Waals surface area contributed by atoms with E-state index >= 15 is 0 Å². The fraction of sp³-hybridized carbons (Fsp3) is 0.387. The van der Waals surface area contributed by atoms with Crippen molar-refractivity contribution >= 4 is 28.4 Å². The van der Waals surface area contributed by atoms with Crippen LogP contribution in [-0.4, -0.2) is 48.1 Å². The number of rotatable bonds is 12. The van der Waals surface area contributed by atoms with Gasteiger partial charge in [-0.3, -0.25) is 19.7 Å². The van der Waals surface area contributed by atoms with Crippen molar-refractivity contribution in [1.82, 2.24) is 10.6 Å². The molecule has 1 amide bonds. The molecule has 1 aliphatic rings. The number of carbonyl (C=O) groups excluding carboxylic acids is 2. The summed E-state index contributed by atoms with van der Waals surface area (Å²) >= 11 is 0. The highest BCUT2D eigenvalue weighted by Crippen LogP contribution is 2.37. The van der Waals surface area contributed by atoms with Gasteiger partial charge in [0.25, 0.3) is 0 Å². The average Bonchev–Trinajstić information content (AvgIpc) is 2.95. The maximum Gasteiger partial charge on any atom is 0.305 e. The molecule has 218 valence electrons. The standard InChI is InChI=1S/C31H34F2N2O6/c1-19(2)28(35-31(15-5-6-16-41-31)22-12-7-10-20-9-3-4-11-21(20)22)30(39)34-25(17-27(37)38)26(36)18-40-29-23(32)13-8-14-24(29)33/h3-4,7-14,19,25,28,35H,5-6,15-18H2,1-2H3,(H,34,39)(H,37,38)/t25-,28-,31?/m0/s1. The van der Waals surface area contributed by atoms with Crippen LogP contribution in [0.4, 0.5) is 8.78 Å². The minimum Gasteiger partial charge on any atom is -0.481 e. The van der Waals surface area contributed by atoms with Crippen molar-refractivity contribution < 1.29 is 37.7 Å². The topological polar surface area (TPSA) is 114 Å². The molecule has 3 aromatic carbocycles. The first-order chi connectivity index (χ1) is 19.6. The molecule has 3 atom stereocenters. The summed E-state index contributed by atoms with van der Waals surface area (Å²) < 4.78 is 39.3. The van der Waals surface area contributed by atoms with Gasteiger partial charge in [0.1, 0.15) is 18.4 Å². The molecule has 1 aliphatic heterocycles. The van der Waals surface area contributed by atoms with E-state index in [1.807, 2.05) is 56.3 Å². The highest BCUT2D eigenvalue weighted by molar-refractivity contribution is 5.94. The van der Waals surface area contributed by atoms with Gasteiger partial charge in [-0.25, -0.2) is 8.78 Å². The summed E-state index contributed by atoms with van der Waals surface area (Å²) in [7, 11) is 0. The molecule has 0 aromatic heterocycles. The summed E-state index contributed by atoms with van der Waals surface area (Å²) in [6.45, 7) is 3.30. The number of amides is 1. The van der Waals surface area contributed by atoms with E-state index in [0.29, 0.717) is 13.0 Å². The van der Waals surface area contributed by atoms with Gasteiger partial charge in [-0.15, -0.1) is 0 Å². The van der Waals surface area contributed by atoms with Crippen molar-refractivity contribution in [2.45, 2.75) is 57.3 Å². The third-order valence-corrected chi connectivity index (χ3v) is 7.20. The van der Waals surface area contributed by atoms with E-state index in [4.69, 9.17) is 9.47 Å². The van der Waals surface area contributed by atoms with Gasteiger partial charge in [0, 0.05) is 12.2 Å². The predicted molar refractivity (Wildman–Crippen MR) is 148 cm³/mol. The summed E-state index contributed by atoms with van der Waals surface area (Å²) in [6, 6.07) is 14.5. The number of Topliss-reactive ketones (excluding diaryl/α,β-unsaturated/α-hetero) is 1. The zero-order valence-electron chi connectivity index (χ0n) is 23.0. The smallest absolute Gasteiger partial charge is 0.305 e. The van der Waals surface area contributed by atoms with Gasteiger partial charge >= 0.3 is 5.97 Å². The van der Waals surface area contributed by atoms with Crippen molar-refractivity contribution in [2.75, 3.05) is 13.2 Å². The molecule has 1 unspecified atom stereocenters. The van der Waals surface area contributed by atoms with Crippen LogP contribution in [0, 0.1) is 17.6 Å². The van der Waals surface area contributed by atoms with Crippen molar-refractivity contribution in [3.63, 3.8) is 0 Å². The molecule has 8 nitrogen and oxygen atoms in total. The summed E-state index contributed by atoms with van der Waals surface area (Å²) in [5.41, 5.74) is -0.115. The minimum atomic E-state index is -1.49. The fourth-order valence-electron chi connectivity index (χ4n) is 5.11. The van der Waals surface area contributed by atoms with Crippen LogP contribution in [0.2, 0.25) is 0 Å². The zero-order chi connectivity index (χ0) is 29.6. The number of nitrogens with one attached hydrogen (secondary N) is 2. The van der Waals surface area contributed by atoms with E-state index < -0.39 is 65.9 Å². The van der Waals surface area contributed by atoms with Crippen LogP contribution in [-0.2, 0) is 24.8 Å². The molecule has 0 bridgehead atoms. The van der Waals surface area contributed by atoms with Crippen LogP contribution in [0.25, 0.3) is 10.8 Å². The molecule has 10 heteroatoms. The largest absolute Gasteiger partial charge is 0.481 e. The number of fused-ring (bicyclic) bond motifs is 1. The number of carboxylic acids is 1. The van der Waals surface area contributed by atoms with Crippen LogP contribution in [0.1, 0.15) is 45.1 Å². The molecule has 3 N–H and O–H groups in total. The van der Waals surface area contributed by atoms with Crippen LogP contribution in [0.3, 0.4) is 0 Å². The summed E-state index contributed by atoms with van der Waals surface area (Å²) in [6.07, 6.45) is 1.58. The number of benzene rings is 3.